The molecule has 1 heterocycles. The predicted octanol–water partition coefficient (Wildman–Crippen LogP) is 2.28. The van der Waals surface area contributed by atoms with Crippen LogP contribution in [-0.4, -0.2) is 48.7 Å². The first-order chi connectivity index (χ1) is 8.84. The molecule has 0 bridgehead atoms. The van der Waals surface area contributed by atoms with E-state index in [2.05, 4.69) is 10.2 Å². The predicted molar refractivity (Wildman–Crippen MR) is 75.2 cm³/mol. The molecule has 98 valence electrons. The highest BCUT2D eigenvalue weighted by molar-refractivity contribution is 7.99. The minimum absolute atomic E-state index is 0.382. The molecule has 1 saturated heterocycles. The average molecular weight is 266 g/mol. The van der Waals surface area contributed by atoms with Crippen LogP contribution in [0.4, 0.5) is 10.5 Å². The van der Waals surface area contributed by atoms with Gasteiger partial charge >= 0.3 is 6.09 Å². The molecule has 1 aromatic carbocycles. The van der Waals surface area contributed by atoms with Gasteiger partial charge in [0.25, 0.3) is 0 Å². The first kappa shape index (κ1) is 13.2. The number of amides is 1. The highest BCUT2D eigenvalue weighted by Crippen LogP contribution is 2.08. The third-order valence-corrected chi connectivity index (χ3v) is 3.71. The summed E-state index contributed by atoms with van der Waals surface area (Å²) in [5.41, 5.74) is 0.761. The molecule has 0 spiro atoms. The number of anilines is 1. The van der Waals surface area contributed by atoms with Gasteiger partial charge in [0.2, 0.25) is 0 Å². The van der Waals surface area contributed by atoms with Crippen molar-refractivity contribution in [3.8, 4) is 0 Å². The van der Waals surface area contributed by atoms with Crippen molar-refractivity contribution in [2.75, 3.05) is 43.1 Å². The molecule has 5 heteroatoms. The number of ether oxygens (including phenoxy) is 1. The second kappa shape index (κ2) is 7.28. The number of hydrogen-bond acceptors (Lipinski definition) is 4. The number of hydrogen-bond donors (Lipinski definition) is 1. The molecular weight excluding hydrogens is 248 g/mol. The first-order valence-electron chi connectivity index (χ1n) is 6.13. The quantitative estimate of drug-likeness (QED) is 0.908. The maximum Gasteiger partial charge on any atom is 0.411 e. The number of rotatable bonds is 4. The molecule has 1 fully saturated rings. The highest BCUT2D eigenvalue weighted by Gasteiger charge is 2.10. The fourth-order valence-electron chi connectivity index (χ4n) is 1.77. The Morgan fingerprint density at radius 1 is 1.28 bits per heavy atom. The molecule has 4 nitrogen and oxygen atoms in total. The van der Waals surface area contributed by atoms with Gasteiger partial charge in [-0.15, -0.1) is 0 Å². The Morgan fingerprint density at radius 3 is 2.72 bits per heavy atom. The summed E-state index contributed by atoms with van der Waals surface area (Å²) in [7, 11) is 0. The van der Waals surface area contributed by atoms with Crippen molar-refractivity contribution in [2.45, 2.75) is 0 Å². The van der Waals surface area contributed by atoms with Crippen molar-refractivity contribution < 1.29 is 9.53 Å². The lowest BCUT2D eigenvalue weighted by atomic mass is 10.3. The molecule has 0 unspecified atom stereocenters. The van der Waals surface area contributed by atoms with Gasteiger partial charge in [-0.1, -0.05) is 18.2 Å². The zero-order valence-corrected chi connectivity index (χ0v) is 11.1. The maximum absolute atomic E-state index is 11.5. The summed E-state index contributed by atoms with van der Waals surface area (Å²) < 4.78 is 5.15. The molecule has 1 amide bonds. The monoisotopic (exact) mass is 266 g/mol. The Morgan fingerprint density at radius 2 is 2.00 bits per heavy atom. The largest absolute Gasteiger partial charge is 0.448 e. The van der Waals surface area contributed by atoms with Crippen LogP contribution in [0, 0.1) is 0 Å². The molecule has 0 aromatic heterocycles. The van der Waals surface area contributed by atoms with E-state index in [1.807, 2.05) is 42.1 Å². The van der Waals surface area contributed by atoms with E-state index in [0.717, 1.165) is 25.3 Å². The van der Waals surface area contributed by atoms with Crippen molar-refractivity contribution in [2.24, 2.45) is 0 Å². The number of para-hydroxylation sites is 1. The van der Waals surface area contributed by atoms with Gasteiger partial charge in [0.15, 0.2) is 0 Å². The summed E-state index contributed by atoms with van der Waals surface area (Å²) in [6, 6.07) is 9.33. The van der Waals surface area contributed by atoms with Gasteiger partial charge in [-0.2, -0.15) is 11.8 Å². The number of benzene rings is 1. The van der Waals surface area contributed by atoms with Gasteiger partial charge in [-0.3, -0.25) is 10.2 Å². The Labute approximate surface area is 112 Å². The fraction of sp³-hybridized carbons (Fsp3) is 0.462. The lowest BCUT2D eigenvalue weighted by molar-refractivity contribution is 0.142. The minimum Gasteiger partial charge on any atom is -0.448 e. The summed E-state index contributed by atoms with van der Waals surface area (Å²) in [5.74, 6) is 2.35. The maximum atomic E-state index is 11.5. The second-order valence-electron chi connectivity index (χ2n) is 4.08. The molecule has 2 rings (SSSR count). The Bertz CT molecular complexity index is 367. The standard InChI is InChI=1S/C13H18N2O2S/c16-13(14-12-4-2-1-3-5-12)17-9-6-15-7-10-18-11-8-15/h1-5H,6-11H2,(H,14,16). The average Bonchev–Trinajstić information content (AvgIpc) is 2.41. The minimum atomic E-state index is -0.382. The second-order valence-corrected chi connectivity index (χ2v) is 5.31. The molecular formula is C13H18N2O2S. The summed E-state index contributed by atoms with van der Waals surface area (Å²) in [5, 5.41) is 2.70. The fourth-order valence-corrected chi connectivity index (χ4v) is 2.75. The van der Waals surface area contributed by atoms with E-state index in [0.29, 0.717) is 6.61 Å². The molecule has 0 radical (unpaired) electrons. The van der Waals surface area contributed by atoms with Crippen molar-refractivity contribution in [3.63, 3.8) is 0 Å². The van der Waals surface area contributed by atoms with Crippen molar-refractivity contribution in [1.29, 1.82) is 0 Å². The topological polar surface area (TPSA) is 41.6 Å². The van der Waals surface area contributed by atoms with Gasteiger partial charge in [0.05, 0.1) is 0 Å². The number of nitrogens with one attached hydrogen (secondary N) is 1. The smallest absolute Gasteiger partial charge is 0.411 e. The van der Waals surface area contributed by atoms with Crippen LogP contribution in [0.1, 0.15) is 0 Å². The van der Waals surface area contributed by atoms with Crippen LogP contribution in [-0.2, 0) is 4.74 Å². The molecule has 18 heavy (non-hydrogen) atoms. The van der Waals surface area contributed by atoms with E-state index in [4.69, 9.17) is 4.74 Å². The third kappa shape index (κ3) is 4.58. The van der Waals surface area contributed by atoms with Gasteiger partial charge < -0.3 is 4.74 Å². The van der Waals surface area contributed by atoms with Crippen LogP contribution >= 0.6 is 11.8 Å². The summed E-state index contributed by atoms with van der Waals surface area (Å²) >= 11 is 1.98. The number of carbonyl (C=O) groups is 1. The van der Waals surface area contributed by atoms with Crippen molar-refractivity contribution >= 4 is 23.5 Å². The number of nitrogens with zero attached hydrogens (tertiary/aromatic N) is 1. The van der Waals surface area contributed by atoms with Crippen LogP contribution in [0.2, 0.25) is 0 Å². The van der Waals surface area contributed by atoms with Gasteiger partial charge in [0.1, 0.15) is 6.61 Å². The van der Waals surface area contributed by atoms with Gasteiger partial charge in [-0.05, 0) is 12.1 Å². The Balaban J connectivity index is 1.62. The first-order valence-corrected chi connectivity index (χ1v) is 7.29. The highest BCUT2D eigenvalue weighted by atomic mass is 32.2. The molecule has 1 N–H and O–H groups in total. The van der Waals surface area contributed by atoms with Crippen LogP contribution in [0.15, 0.2) is 30.3 Å². The molecule has 1 aliphatic rings. The lowest BCUT2D eigenvalue weighted by Crippen LogP contribution is -2.35. The van der Waals surface area contributed by atoms with E-state index in [1.165, 1.54) is 11.5 Å². The SMILES string of the molecule is O=C(Nc1ccccc1)OCCN1CCSCC1. The zero-order valence-electron chi connectivity index (χ0n) is 10.3. The zero-order chi connectivity index (χ0) is 12.6. The number of thioether (sulfide) groups is 1. The molecule has 0 saturated carbocycles. The Hall–Kier alpha value is -1.20. The third-order valence-electron chi connectivity index (χ3n) is 2.76. The van der Waals surface area contributed by atoms with Crippen LogP contribution in [0.25, 0.3) is 0 Å². The summed E-state index contributed by atoms with van der Waals surface area (Å²) in [4.78, 5) is 13.8. The normalized spacial score (nSPS) is 16.2. The molecule has 1 aliphatic heterocycles. The van der Waals surface area contributed by atoms with E-state index in [-0.39, 0.29) is 6.09 Å². The van der Waals surface area contributed by atoms with E-state index in [9.17, 15) is 4.79 Å². The van der Waals surface area contributed by atoms with Crippen molar-refractivity contribution in [1.82, 2.24) is 4.90 Å². The van der Waals surface area contributed by atoms with Gasteiger partial charge in [-0.25, -0.2) is 4.79 Å². The van der Waals surface area contributed by atoms with Crippen molar-refractivity contribution in [3.05, 3.63) is 30.3 Å². The van der Waals surface area contributed by atoms with Gasteiger partial charge in [0, 0.05) is 36.8 Å². The summed E-state index contributed by atoms with van der Waals surface area (Å²) in [6.45, 7) is 3.45. The van der Waals surface area contributed by atoms with Crippen LogP contribution < -0.4 is 5.32 Å². The van der Waals surface area contributed by atoms with E-state index in [1.54, 1.807) is 0 Å². The molecule has 0 atom stereocenters. The van der Waals surface area contributed by atoms with E-state index >= 15 is 0 Å². The number of carbonyl (C=O) groups excluding carboxylic acids is 1. The van der Waals surface area contributed by atoms with Crippen LogP contribution in [0.3, 0.4) is 0 Å². The van der Waals surface area contributed by atoms with E-state index < -0.39 is 0 Å². The lowest BCUT2D eigenvalue weighted by Gasteiger charge is -2.25. The van der Waals surface area contributed by atoms with Crippen LogP contribution in [0.5, 0.6) is 0 Å². The Kier molecular flexibility index (Phi) is 5.36. The molecule has 1 aromatic rings. The molecule has 0 aliphatic carbocycles. The summed E-state index contributed by atoms with van der Waals surface area (Å²) in [6.07, 6.45) is -0.382.